The average molecular weight is 432 g/mol. The number of aromatic nitrogens is 1. The fourth-order valence-corrected chi connectivity index (χ4v) is 3.84. The number of hydrogen-bond acceptors (Lipinski definition) is 3. The van der Waals surface area contributed by atoms with Crippen LogP contribution in [0.1, 0.15) is 58.9 Å². The summed E-state index contributed by atoms with van der Waals surface area (Å²) in [4.78, 5) is 4.77. The van der Waals surface area contributed by atoms with Crippen molar-refractivity contribution < 1.29 is 4.74 Å². The predicted octanol–water partition coefficient (Wildman–Crippen LogP) is 6.88. The number of pyridine rings is 1. The van der Waals surface area contributed by atoms with Crippen LogP contribution in [0.4, 0.5) is 0 Å². The average Bonchev–Trinajstić information content (AvgIpc) is 3.59. The maximum atomic E-state index is 7.68. The zero-order valence-corrected chi connectivity index (χ0v) is 19.9. The fourth-order valence-electron chi connectivity index (χ4n) is 3.84. The van der Waals surface area contributed by atoms with Gasteiger partial charge in [0.2, 0.25) is 5.88 Å². The van der Waals surface area contributed by atoms with Crippen LogP contribution in [0.5, 0.6) is 5.88 Å². The van der Waals surface area contributed by atoms with Crippen molar-refractivity contribution in [2.45, 2.75) is 53.4 Å². The SMILES string of the molecule is CC.CC(C)(CCCCOc1cc(C2=CC3CC3C=C2)cc(-c2ccccc2)n1)C(=N)N. The normalized spacial score (nSPS) is 18.7. The Morgan fingerprint density at radius 2 is 1.84 bits per heavy atom. The van der Waals surface area contributed by atoms with E-state index in [1.165, 1.54) is 12.0 Å². The van der Waals surface area contributed by atoms with Crippen molar-refractivity contribution in [2.24, 2.45) is 23.0 Å². The van der Waals surface area contributed by atoms with E-state index in [-0.39, 0.29) is 11.3 Å². The predicted molar refractivity (Wildman–Crippen MR) is 135 cm³/mol. The molecule has 0 radical (unpaired) electrons. The van der Waals surface area contributed by atoms with Crippen molar-refractivity contribution in [1.82, 2.24) is 4.98 Å². The summed E-state index contributed by atoms with van der Waals surface area (Å²) in [7, 11) is 0. The van der Waals surface area contributed by atoms with Gasteiger partial charge in [0.05, 0.1) is 18.1 Å². The van der Waals surface area contributed by atoms with E-state index in [2.05, 4.69) is 42.5 Å². The van der Waals surface area contributed by atoms with Crippen LogP contribution in [0.15, 0.2) is 60.7 Å². The minimum absolute atomic E-state index is 0.247. The summed E-state index contributed by atoms with van der Waals surface area (Å²) in [6, 6.07) is 14.5. The number of hydrogen-bond donors (Lipinski definition) is 2. The van der Waals surface area contributed by atoms with Crippen LogP contribution in [-0.2, 0) is 0 Å². The van der Waals surface area contributed by atoms with E-state index in [4.69, 9.17) is 20.9 Å². The molecule has 4 heteroatoms. The number of rotatable bonds is 9. The van der Waals surface area contributed by atoms with Gasteiger partial charge in [0.1, 0.15) is 0 Å². The molecule has 1 saturated carbocycles. The van der Waals surface area contributed by atoms with Gasteiger partial charge in [0.25, 0.3) is 0 Å². The van der Waals surface area contributed by atoms with Crippen molar-refractivity contribution in [3.63, 3.8) is 0 Å². The Morgan fingerprint density at radius 1 is 1.09 bits per heavy atom. The van der Waals surface area contributed by atoms with Gasteiger partial charge in [0, 0.05) is 17.0 Å². The Morgan fingerprint density at radius 3 is 2.53 bits per heavy atom. The van der Waals surface area contributed by atoms with Crippen LogP contribution in [0, 0.1) is 22.7 Å². The first kappa shape index (κ1) is 23.8. The minimum Gasteiger partial charge on any atom is -0.478 e. The second-order valence-corrected chi connectivity index (χ2v) is 9.09. The molecule has 4 rings (SSSR count). The lowest BCUT2D eigenvalue weighted by molar-refractivity contribution is 0.286. The lowest BCUT2D eigenvalue weighted by atomic mass is 9.86. The lowest BCUT2D eigenvalue weighted by Crippen LogP contribution is -2.30. The summed E-state index contributed by atoms with van der Waals surface area (Å²) < 4.78 is 6.06. The highest BCUT2D eigenvalue weighted by Crippen LogP contribution is 2.46. The summed E-state index contributed by atoms with van der Waals surface area (Å²) in [5.74, 6) is 2.37. The summed E-state index contributed by atoms with van der Waals surface area (Å²) in [6.07, 6.45) is 11.0. The van der Waals surface area contributed by atoms with Gasteiger partial charge >= 0.3 is 0 Å². The number of nitrogens with two attached hydrogens (primary N) is 1. The molecule has 0 saturated heterocycles. The first-order valence-corrected chi connectivity index (χ1v) is 11.9. The second kappa shape index (κ2) is 10.6. The molecule has 0 bridgehead atoms. The molecule has 0 spiro atoms. The quantitative estimate of drug-likeness (QED) is 0.258. The molecule has 2 aromatic rings. The number of amidine groups is 1. The second-order valence-electron chi connectivity index (χ2n) is 9.09. The lowest BCUT2D eigenvalue weighted by Gasteiger charge is -2.22. The monoisotopic (exact) mass is 431 g/mol. The molecule has 2 aliphatic carbocycles. The van der Waals surface area contributed by atoms with Crippen LogP contribution in [0.2, 0.25) is 0 Å². The molecule has 0 amide bonds. The number of nitrogens with one attached hydrogen (secondary N) is 1. The molecule has 1 aromatic heterocycles. The molecule has 1 heterocycles. The van der Waals surface area contributed by atoms with Crippen molar-refractivity contribution >= 4 is 11.4 Å². The standard InChI is InChI=1S/C26H31N3O.C2H6/c1-26(2,25(27)28)12-6-7-13-30-24-17-22(20-11-10-19-14-21(19)15-20)16-23(29-24)18-8-4-3-5-9-18;1-2/h3-5,8-11,15-17,19,21H,6-7,12-14H2,1-2H3,(H3,27,28);1-2H3. The largest absolute Gasteiger partial charge is 0.478 e. The highest BCUT2D eigenvalue weighted by molar-refractivity contribution is 5.82. The van der Waals surface area contributed by atoms with Crippen LogP contribution in [0.3, 0.4) is 0 Å². The molecular formula is C28H37N3O. The molecular weight excluding hydrogens is 394 g/mol. The Labute approximate surface area is 193 Å². The smallest absolute Gasteiger partial charge is 0.214 e. The summed E-state index contributed by atoms with van der Waals surface area (Å²) in [6.45, 7) is 8.64. The van der Waals surface area contributed by atoms with E-state index in [1.54, 1.807) is 0 Å². The number of benzene rings is 1. The molecule has 0 aliphatic heterocycles. The summed E-state index contributed by atoms with van der Waals surface area (Å²) in [5, 5.41) is 7.68. The van der Waals surface area contributed by atoms with Gasteiger partial charge in [-0.25, -0.2) is 4.98 Å². The highest BCUT2D eigenvalue weighted by Gasteiger charge is 2.35. The van der Waals surface area contributed by atoms with Gasteiger partial charge in [-0.2, -0.15) is 0 Å². The molecule has 2 aliphatic rings. The van der Waals surface area contributed by atoms with E-state index in [1.807, 2.05) is 45.9 Å². The van der Waals surface area contributed by atoms with E-state index in [0.29, 0.717) is 18.4 Å². The number of unbranched alkanes of at least 4 members (excludes halogenated alkanes) is 1. The first-order valence-electron chi connectivity index (χ1n) is 11.9. The van der Waals surface area contributed by atoms with Crippen LogP contribution in [-0.4, -0.2) is 17.4 Å². The first-order chi connectivity index (χ1) is 15.4. The Bertz CT molecular complexity index is 975. The van der Waals surface area contributed by atoms with Gasteiger partial charge in [-0.05, 0) is 54.7 Å². The minimum atomic E-state index is -0.251. The Kier molecular flexibility index (Phi) is 7.89. The van der Waals surface area contributed by atoms with Gasteiger partial charge < -0.3 is 10.5 Å². The zero-order chi connectivity index (χ0) is 23.1. The topological polar surface area (TPSA) is 72.0 Å². The Balaban J connectivity index is 0.00000141. The van der Waals surface area contributed by atoms with Crippen LogP contribution < -0.4 is 10.5 Å². The molecule has 2 unspecified atom stereocenters. The molecule has 32 heavy (non-hydrogen) atoms. The highest BCUT2D eigenvalue weighted by atomic mass is 16.5. The third-order valence-electron chi connectivity index (χ3n) is 6.19. The molecule has 170 valence electrons. The van der Waals surface area contributed by atoms with Gasteiger partial charge in [0.15, 0.2) is 0 Å². The Hall–Kier alpha value is -2.88. The number of fused-ring (bicyclic) bond motifs is 1. The van der Waals surface area contributed by atoms with Gasteiger partial charge in [-0.3, -0.25) is 5.41 Å². The van der Waals surface area contributed by atoms with E-state index < -0.39 is 0 Å². The third kappa shape index (κ3) is 6.09. The van der Waals surface area contributed by atoms with Crippen LogP contribution >= 0.6 is 0 Å². The van der Waals surface area contributed by atoms with E-state index in [9.17, 15) is 0 Å². The van der Waals surface area contributed by atoms with Crippen molar-refractivity contribution in [3.05, 3.63) is 66.3 Å². The number of allylic oxidation sites excluding steroid dienone is 4. The van der Waals surface area contributed by atoms with E-state index >= 15 is 0 Å². The summed E-state index contributed by atoms with van der Waals surface area (Å²) in [5.41, 5.74) is 9.89. The molecule has 4 nitrogen and oxygen atoms in total. The number of ether oxygens (including phenoxy) is 1. The maximum absolute atomic E-state index is 7.68. The maximum Gasteiger partial charge on any atom is 0.214 e. The molecule has 1 fully saturated rings. The van der Waals surface area contributed by atoms with Crippen molar-refractivity contribution in [2.75, 3.05) is 6.61 Å². The molecule has 1 aromatic carbocycles. The van der Waals surface area contributed by atoms with Gasteiger partial charge in [-0.1, -0.05) is 76.3 Å². The van der Waals surface area contributed by atoms with Crippen LogP contribution in [0.25, 0.3) is 16.8 Å². The number of nitrogens with zero attached hydrogens (tertiary/aromatic N) is 1. The van der Waals surface area contributed by atoms with Crippen molar-refractivity contribution in [3.8, 4) is 17.1 Å². The van der Waals surface area contributed by atoms with E-state index in [0.717, 1.165) is 42.0 Å². The molecule has 2 atom stereocenters. The fraction of sp³-hybridized carbons (Fsp3) is 0.429. The zero-order valence-electron chi connectivity index (χ0n) is 19.9. The van der Waals surface area contributed by atoms with Gasteiger partial charge in [-0.15, -0.1) is 0 Å². The summed E-state index contributed by atoms with van der Waals surface area (Å²) >= 11 is 0. The molecule has 3 N–H and O–H groups in total. The van der Waals surface area contributed by atoms with Crippen molar-refractivity contribution in [1.29, 1.82) is 5.41 Å². The third-order valence-corrected chi connectivity index (χ3v) is 6.19.